The van der Waals surface area contributed by atoms with Gasteiger partial charge in [-0.15, -0.1) is 5.10 Å². The molecule has 0 aliphatic carbocycles. The first kappa shape index (κ1) is 19.8. The van der Waals surface area contributed by atoms with Gasteiger partial charge in [-0.05, 0) is 34.5 Å². The Kier molecular flexibility index (Phi) is 5.51. The molecule has 1 aromatic heterocycles. The third-order valence-electron chi connectivity index (χ3n) is 4.92. The highest BCUT2D eigenvalue weighted by Crippen LogP contribution is 2.19. The monoisotopic (exact) mass is 434 g/mol. The molecule has 0 radical (unpaired) electrons. The van der Waals surface area contributed by atoms with E-state index in [1.54, 1.807) is 10.9 Å². The van der Waals surface area contributed by atoms with Gasteiger partial charge in [0.05, 0.1) is 11.9 Å². The maximum Gasteiger partial charge on any atom is 0.233 e. The highest BCUT2D eigenvalue weighted by molar-refractivity contribution is 7.11. The normalized spacial score (nSPS) is 11.9. The first-order valence-electron chi connectivity index (χ1n) is 10.1. The zero-order valence-electron chi connectivity index (χ0n) is 17.0. The van der Waals surface area contributed by atoms with Crippen LogP contribution >= 0.6 is 11.3 Å². The second-order valence-corrected chi connectivity index (χ2v) is 8.04. The van der Waals surface area contributed by atoms with Crippen LogP contribution in [0, 0.1) is 0 Å². The van der Waals surface area contributed by atoms with Gasteiger partial charge in [0, 0.05) is 5.56 Å². The molecule has 0 amide bonds. The van der Waals surface area contributed by atoms with Crippen molar-refractivity contribution in [3.05, 3.63) is 124 Å². The van der Waals surface area contributed by atoms with Gasteiger partial charge in [-0.3, -0.25) is 4.79 Å². The minimum atomic E-state index is -0.140. The van der Waals surface area contributed by atoms with Gasteiger partial charge in [0.1, 0.15) is 0 Å². The Morgan fingerprint density at radius 2 is 1.50 bits per heavy atom. The lowest BCUT2D eigenvalue weighted by Gasteiger charge is -2.01. The fraction of sp³-hybridized carbons (Fsp3) is 0. The average molecular weight is 435 g/mol. The third kappa shape index (κ3) is 4.17. The molecule has 4 aromatic carbocycles. The number of benzene rings is 4. The fourth-order valence-corrected chi connectivity index (χ4v) is 4.14. The molecular formula is C26H18N4OS. The van der Waals surface area contributed by atoms with Crippen LogP contribution in [0.3, 0.4) is 0 Å². The number of carbonyl (C=O) groups excluding carboxylic acids is 1. The Balaban J connectivity index is 1.56. The van der Waals surface area contributed by atoms with Crippen LogP contribution in [0.5, 0.6) is 0 Å². The van der Waals surface area contributed by atoms with Crippen LogP contribution in [0.15, 0.2) is 113 Å². The number of para-hydroxylation sites is 1. The number of aromatic nitrogens is 2. The van der Waals surface area contributed by atoms with E-state index < -0.39 is 0 Å². The molecule has 0 unspecified atom stereocenters. The van der Waals surface area contributed by atoms with E-state index in [9.17, 15) is 4.79 Å². The molecule has 5 nitrogen and oxygen atoms in total. The van der Waals surface area contributed by atoms with Crippen LogP contribution in [0.2, 0.25) is 0 Å². The molecule has 5 aromatic rings. The van der Waals surface area contributed by atoms with E-state index in [-0.39, 0.29) is 5.78 Å². The number of nitrogens with zero attached hydrogens (tertiary/aromatic N) is 4. The van der Waals surface area contributed by atoms with Crippen LogP contribution in [-0.2, 0) is 0 Å². The van der Waals surface area contributed by atoms with Crippen molar-refractivity contribution >= 4 is 34.1 Å². The minimum Gasteiger partial charge on any atom is -0.286 e. The first-order valence-corrected chi connectivity index (χ1v) is 10.9. The van der Waals surface area contributed by atoms with Crippen molar-refractivity contribution in [2.45, 2.75) is 0 Å². The molecule has 154 valence electrons. The smallest absolute Gasteiger partial charge is 0.233 e. The quantitative estimate of drug-likeness (QED) is 0.215. The van der Waals surface area contributed by atoms with Crippen molar-refractivity contribution in [3.63, 3.8) is 0 Å². The van der Waals surface area contributed by atoms with Gasteiger partial charge < -0.3 is 0 Å². The van der Waals surface area contributed by atoms with E-state index in [0.29, 0.717) is 15.4 Å². The maximum atomic E-state index is 13.2. The molecule has 0 bridgehead atoms. The summed E-state index contributed by atoms with van der Waals surface area (Å²) < 4.78 is 1.65. The number of fused-ring (bicyclic) bond motifs is 1. The van der Waals surface area contributed by atoms with Gasteiger partial charge >= 0.3 is 0 Å². The summed E-state index contributed by atoms with van der Waals surface area (Å²) in [7, 11) is 0. The Morgan fingerprint density at radius 3 is 2.28 bits per heavy atom. The molecule has 5 rings (SSSR count). The fourth-order valence-electron chi connectivity index (χ4n) is 3.31. The number of rotatable bonds is 5. The van der Waals surface area contributed by atoms with Gasteiger partial charge in [-0.25, -0.2) is 4.68 Å². The van der Waals surface area contributed by atoms with Crippen molar-refractivity contribution < 1.29 is 4.79 Å². The SMILES string of the molecule is O=C(c1ccc2ccccc2c1)c1nn(-c2ccccc2)/c(=N/N=C/c2ccccc2)s1. The summed E-state index contributed by atoms with van der Waals surface area (Å²) in [6.45, 7) is 0. The topological polar surface area (TPSA) is 59.6 Å². The molecule has 32 heavy (non-hydrogen) atoms. The second-order valence-electron chi connectivity index (χ2n) is 7.08. The van der Waals surface area contributed by atoms with E-state index in [1.807, 2.05) is 103 Å². The van der Waals surface area contributed by atoms with Gasteiger partial charge in [0.2, 0.25) is 10.6 Å². The lowest BCUT2D eigenvalue weighted by Crippen LogP contribution is -2.14. The summed E-state index contributed by atoms with van der Waals surface area (Å²) in [5, 5.41) is 15.6. The molecule has 6 heteroatoms. The zero-order valence-corrected chi connectivity index (χ0v) is 17.8. The van der Waals surface area contributed by atoms with Crippen molar-refractivity contribution in [3.8, 4) is 5.69 Å². The molecule has 0 saturated heterocycles. The van der Waals surface area contributed by atoms with E-state index in [2.05, 4.69) is 15.3 Å². The Labute approximate surface area is 188 Å². The van der Waals surface area contributed by atoms with Crippen molar-refractivity contribution in [1.29, 1.82) is 0 Å². The predicted molar refractivity (Wildman–Crippen MR) is 128 cm³/mol. The Hall–Kier alpha value is -4.16. The number of hydrogen-bond acceptors (Lipinski definition) is 5. The Bertz CT molecular complexity index is 1480. The summed E-state index contributed by atoms with van der Waals surface area (Å²) in [6, 6.07) is 33.0. The van der Waals surface area contributed by atoms with Gasteiger partial charge in [-0.1, -0.05) is 96.3 Å². The largest absolute Gasteiger partial charge is 0.286 e. The van der Waals surface area contributed by atoms with Crippen molar-refractivity contribution in [2.24, 2.45) is 10.2 Å². The number of ketones is 1. The standard InChI is InChI=1S/C26H18N4OS/c31-24(22-16-15-20-11-7-8-12-21(20)17-22)25-29-30(23-13-5-2-6-14-23)26(32-25)28-27-18-19-9-3-1-4-10-19/h1-18H/b27-18+,28-26-. The first-order chi connectivity index (χ1) is 15.8. The molecule has 0 saturated carbocycles. The van der Waals surface area contributed by atoms with Crippen molar-refractivity contribution in [1.82, 2.24) is 9.78 Å². The highest BCUT2D eigenvalue weighted by Gasteiger charge is 2.17. The summed E-state index contributed by atoms with van der Waals surface area (Å²) in [5.74, 6) is -0.140. The molecule has 1 heterocycles. The molecule has 0 atom stereocenters. The lowest BCUT2D eigenvalue weighted by atomic mass is 10.0. The zero-order chi connectivity index (χ0) is 21.8. The average Bonchev–Trinajstić information content (AvgIpc) is 3.28. The highest BCUT2D eigenvalue weighted by atomic mass is 32.1. The van der Waals surface area contributed by atoms with E-state index >= 15 is 0 Å². The van der Waals surface area contributed by atoms with Crippen molar-refractivity contribution in [2.75, 3.05) is 0 Å². The summed E-state index contributed by atoms with van der Waals surface area (Å²) in [5.41, 5.74) is 2.35. The summed E-state index contributed by atoms with van der Waals surface area (Å²) >= 11 is 1.22. The predicted octanol–water partition coefficient (Wildman–Crippen LogP) is 5.25. The molecule has 0 spiro atoms. The van der Waals surface area contributed by atoms with Gasteiger partial charge in [0.15, 0.2) is 5.01 Å². The van der Waals surface area contributed by atoms with Crippen LogP contribution < -0.4 is 4.80 Å². The lowest BCUT2D eigenvalue weighted by molar-refractivity contribution is 0.103. The Morgan fingerprint density at radius 1 is 0.812 bits per heavy atom. The van der Waals surface area contributed by atoms with Gasteiger partial charge in [-0.2, -0.15) is 10.2 Å². The molecule has 0 aliphatic rings. The van der Waals surface area contributed by atoms with Crippen LogP contribution in [-0.4, -0.2) is 21.8 Å². The molecule has 0 N–H and O–H groups in total. The summed E-state index contributed by atoms with van der Waals surface area (Å²) in [6.07, 6.45) is 1.68. The third-order valence-corrected chi connectivity index (χ3v) is 5.81. The van der Waals surface area contributed by atoms with E-state index in [0.717, 1.165) is 22.0 Å². The molecular weight excluding hydrogens is 416 g/mol. The molecule has 0 fully saturated rings. The summed E-state index contributed by atoms with van der Waals surface area (Å²) in [4.78, 5) is 13.8. The van der Waals surface area contributed by atoms with Crippen LogP contribution in [0.25, 0.3) is 16.5 Å². The van der Waals surface area contributed by atoms with E-state index in [4.69, 9.17) is 0 Å². The number of hydrogen-bond donors (Lipinski definition) is 0. The molecule has 0 aliphatic heterocycles. The van der Waals surface area contributed by atoms with E-state index in [1.165, 1.54) is 11.3 Å². The maximum absolute atomic E-state index is 13.2. The second kappa shape index (κ2) is 8.91. The van der Waals surface area contributed by atoms with Crippen LogP contribution in [0.4, 0.5) is 0 Å². The van der Waals surface area contributed by atoms with Crippen LogP contribution in [0.1, 0.15) is 20.9 Å². The number of carbonyl (C=O) groups is 1. The minimum absolute atomic E-state index is 0.140. The van der Waals surface area contributed by atoms with Gasteiger partial charge in [0.25, 0.3) is 0 Å².